The summed E-state index contributed by atoms with van der Waals surface area (Å²) >= 11 is 3.83. The van der Waals surface area contributed by atoms with Crippen LogP contribution in [0.1, 0.15) is 26.9 Å². The summed E-state index contributed by atoms with van der Waals surface area (Å²) in [7, 11) is 0. The number of rotatable bonds is 5. The van der Waals surface area contributed by atoms with E-state index in [0.717, 1.165) is 20.4 Å². The van der Waals surface area contributed by atoms with Crippen molar-refractivity contribution in [1.82, 2.24) is 5.43 Å². The molecule has 0 aromatic heterocycles. The number of halogens is 1. The normalized spacial score (nSPS) is 16.2. The highest BCUT2D eigenvalue weighted by molar-refractivity contribution is 14.1. The second kappa shape index (κ2) is 9.44. The number of carbonyl (C=O) groups is 2. The molecule has 4 rings (SSSR count). The van der Waals surface area contributed by atoms with Crippen molar-refractivity contribution in [2.45, 2.75) is 5.37 Å². The average Bonchev–Trinajstić information content (AvgIpc) is 3.16. The second-order valence-corrected chi connectivity index (χ2v) is 8.95. The van der Waals surface area contributed by atoms with E-state index in [1.54, 1.807) is 47.1 Å². The van der Waals surface area contributed by atoms with Gasteiger partial charge in [-0.2, -0.15) is 5.10 Å². The Morgan fingerprint density at radius 1 is 1.07 bits per heavy atom. The van der Waals surface area contributed by atoms with Crippen molar-refractivity contribution < 1.29 is 9.59 Å². The molecule has 150 valence electrons. The van der Waals surface area contributed by atoms with Crippen molar-refractivity contribution in [3.05, 3.63) is 99.1 Å². The van der Waals surface area contributed by atoms with Gasteiger partial charge in [0.25, 0.3) is 5.91 Å². The van der Waals surface area contributed by atoms with E-state index in [9.17, 15) is 9.59 Å². The van der Waals surface area contributed by atoms with Crippen LogP contribution >= 0.6 is 34.4 Å². The van der Waals surface area contributed by atoms with Crippen molar-refractivity contribution in [2.24, 2.45) is 5.10 Å². The summed E-state index contributed by atoms with van der Waals surface area (Å²) < 4.78 is 1.10. The van der Waals surface area contributed by atoms with Crippen LogP contribution in [0.4, 0.5) is 5.69 Å². The van der Waals surface area contributed by atoms with Gasteiger partial charge in [-0.15, -0.1) is 11.8 Å². The maximum absolute atomic E-state index is 12.5. The molecular weight excluding hydrogens is 509 g/mol. The molecule has 1 heterocycles. The first-order valence-electron chi connectivity index (χ1n) is 9.29. The number of nitrogens with zero attached hydrogens (tertiary/aromatic N) is 2. The van der Waals surface area contributed by atoms with Crippen molar-refractivity contribution in [2.75, 3.05) is 10.7 Å². The zero-order chi connectivity index (χ0) is 20.9. The molecule has 5 nitrogen and oxygen atoms in total. The molecule has 0 spiro atoms. The lowest BCUT2D eigenvalue weighted by atomic mass is 10.1. The lowest BCUT2D eigenvalue weighted by Gasteiger charge is -2.24. The monoisotopic (exact) mass is 527 g/mol. The minimum absolute atomic E-state index is 0.0587. The Morgan fingerprint density at radius 3 is 2.57 bits per heavy atom. The third kappa shape index (κ3) is 4.73. The van der Waals surface area contributed by atoms with Gasteiger partial charge in [-0.3, -0.25) is 14.5 Å². The van der Waals surface area contributed by atoms with Crippen LogP contribution in [-0.2, 0) is 4.79 Å². The number of hydrogen-bond acceptors (Lipinski definition) is 4. The minimum atomic E-state index is -0.301. The molecule has 1 N–H and O–H groups in total. The number of nitrogens with one attached hydrogen (secondary N) is 1. The van der Waals surface area contributed by atoms with Crippen molar-refractivity contribution >= 4 is 58.1 Å². The first-order valence-corrected chi connectivity index (χ1v) is 11.4. The van der Waals surface area contributed by atoms with Gasteiger partial charge in [-0.05, 0) is 70.1 Å². The number of carbonyl (C=O) groups excluding carboxylic acids is 2. The SMILES string of the molecule is O=C(N/N=C\c1cccc(I)c1)c1ccc(N2C(=O)CS[C@@H]2c2ccccc2)cc1. The van der Waals surface area contributed by atoms with E-state index in [1.165, 1.54) is 0 Å². The van der Waals surface area contributed by atoms with Crippen LogP contribution in [0.2, 0.25) is 0 Å². The predicted octanol–water partition coefficient (Wildman–Crippen LogP) is 4.83. The van der Waals surface area contributed by atoms with Gasteiger partial charge in [-0.1, -0.05) is 42.5 Å². The van der Waals surface area contributed by atoms with Crippen LogP contribution < -0.4 is 10.3 Å². The topological polar surface area (TPSA) is 61.8 Å². The van der Waals surface area contributed by atoms with Gasteiger partial charge in [0.15, 0.2) is 0 Å². The van der Waals surface area contributed by atoms with Gasteiger partial charge in [0.2, 0.25) is 5.91 Å². The molecule has 2 amide bonds. The van der Waals surface area contributed by atoms with E-state index < -0.39 is 0 Å². The third-order valence-corrected chi connectivity index (χ3v) is 6.47. The van der Waals surface area contributed by atoms with Crippen LogP contribution in [0.25, 0.3) is 0 Å². The van der Waals surface area contributed by atoms with Gasteiger partial charge >= 0.3 is 0 Å². The summed E-state index contributed by atoms with van der Waals surface area (Å²) in [6.07, 6.45) is 1.61. The molecule has 30 heavy (non-hydrogen) atoms. The van der Waals surface area contributed by atoms with Crippen LogP contribution in [0, 0.1) is 3.57 Å². The van der Waals surface area contributed by atoms with E-state index in [4.69, 9.17) is 0 Å². The zero-order valence-corrected chi connectivity index (χ0v) is 18.8. The van der Waals surface area contributed by atoms with E-state index >= 15 is 0 Å². The zero-order valence-electron chi connectivity index (χ0n) is 15.9. The summed E-state index contributed by atoms with van der Waals surface area (Å²) in [5.74, 6) is 0.202. The van der Waals surface area contributed by atoms with Crippen LogP contribution in [0.3, 0.4) is 0 Å². The largest absolute Gasteiger partial charge is 0.295 e. The Morgan fingerprint density at radius 2 is 1.83 bits per heavy atom. The molecule has 3 aromatic rings. The highest BCUT2D eigenvalue weighted by Gasteiger charge is 2.33. The van der Waals surface area contributed by atoms with Gasteiger partial charge in [0, 0.05) is 14.8 Å². The maximum atomic E-state index is 12.5. The van der Waals surface area contributed by atoms with Crippen LogP contribution in [0.15, 0.2) is 84.0 Å². The quantitative estimate of drug-likeness (QED) is 0.294. The highest BCUT2D eigenvalue weighted by atomic mass is 127. The predicted molar refractivity (Wildman–Crippen MR) is 130 cm³/mol. The van der Waals surface area contributed by atoms with E-state index in [-0.39, 0.29) is 17.2 Å². The summed E-state index contributed by atoms with van der Waals surface area (Å²) in [4.78, 5) is 26.6. The highest BCUT2D eigenvalue weighted by Crippen LogP contribution is 2.41. The summed E-state index contributed by atoms with van der Waals surface area (Å²) in [6, 6.07) is 24.8. The molecule has 1 saturated heterocycles. The van der Waals surface area contributed by atoms with Crippen molar-refractivity contribution in [3.63, 3.8) is 0 Å². The van der Waals surface area contributed by atoms with Gasteiger partial charge < -0.3 is 0 Å². The Hall–Kier alpha value is -2.65. The number of anilines is 1. The van der Waals surface area contributed by atoms with Crippen LogP contribution in [-0.4, -0.2) is 23.8 Å². The fraction of sp³-hybridized carbons (Fsp3) is 0.0870. The van der Waals surface area contributed by atoms with Crippen LogP contribution in [0.5, 0.6) is 0 Å². The molecule has 7 heteroatoms. The summed E-state index contributed by atoms with van der Waals surface area (Å²) in [5, 5.41) is 3.97. The molecule has 1 aliphatic rings. The number of hydrazone groups is 1. The Bertz CT molecular complexity index is 1090. The molecule has 0 unspecified atom stereocenters. The molecule has 0 radical (unpaired) electrons. The summed E-state index contributed by atoms with van der Waals surface area (Å²) in [6.45, 7) is 0. The average molecular weight is 527 g/mol. The smallest absolute Gasteiger partial charge is 0.271 e. The Balaban J connectivity index is 1.45. The molecular formula is C23H18IN3O2S. The molecule has 0 bridgehead atoms. The Labute approximate surface area is 192 Å². The first kappa shape index (κ1) is 20.6. The van der Waals surface area contributed by atoms with Crippen molar-refractivity contribution in [1.29, 1.82) is 0 Å². The summed E-state index contributed by atoms with van der Waals surface area (Å²) in [5.41, 5.74) is 5.79. The Kier molecular flexibility index (Phi) is 6.49. The lowest BCUT2D eigenvalue weighted by molar-refractivity contribution is -0.115. The van der Waals surface area contributed by atoms with E-state index in [0.29, 0.717) is 11.3 Å². The van der Waals surface area contributed by atoms with E-state index in [1.807, 2.05) is 54.6 Å². The standard InChI is InChI=1S/C23H18IN3O2S/c24-19-8-4-5-16(13-19)14-25-26-22(29)17-9-11-20(12-10-17)27-21(28)15-30-23(27)18-6-2-1-3-7-18/h1-14,23H,15H2,(H,26,29)/b25-14-/t23-/m1/s1. The van der Waals surface area contributed by atoms with Gasteiger partial charge in [0.1, 0.15) is 5.37 Å². The number of amides is 2. The second-order valence-electron chi connectivity index (χ2n) is 6.64. The van der Waals surface area contributed by atoms with E-state index in [2.05, 4.69) is 33.1 Å². The first-order chi connectivity index (χ1) is 14.6. The fourth-order valence-electron chi connectivity index (χ4n) is 3.16. The number of thioether (sulfide) groups is 1. The molecule has 0 saturated carbocycles. The van der Waals surface area contributed by atoms with Gasteiger partial charge in [-0.25, -0.2) is 5.43 Å². The molecule has 3 aromatic carbocycles. The molecule has 1 atom stereocenters. The number of benzene rings is 3. The minimum Gasteiger partial charge on any atom is -0.295 e. The number of hydrogen-bond donors (Lipinski definition) is 1. The lowest BCUT2D eigenvalue weighted by Crippen LogP contribution is -2.28. The molecule has 0 aliphatic carbocycles. The van der Waals surface area contributed by atoms with Crippen molar-refractivity contribution in [3.8, 4) is 0 Å². The third-order valence-electron chi connectivity index (χ3n) is 4.59. The maximum Gasteiger partial charge on any atom is 0.271 e. The molecule has 1 aliphatic heterocycles. The molecule has 1 fully saturated rings. The van der Waals surface area contributed by atoms with Gasteiger partial charge in [0.05, 0.1) is 12.0 Å². The fourth-order valence-corrected chi connectivity index (χ4v) is 4.90.